The van der Waals surface area contributed by atoms with Crippen LogP contribution in [0.1, 0.15) is 56.0 Å². The number of benzene rings is 1. The minimum Gasteiger partial charge on any atom is -0.343 e. The Morgan fingerprint density at radius 1 is 1.21 bits per heavy atom. The van der Waals surface area contributed by atoms with Crippen LogP contribution in [0.25, 0.3) is 5.70 Å². The molecule has 0 aliphatic carbocycles. The Morgan fingerprint density at radius 2 is 2.00 bits per heavy atom. The number of aryl methyl sites for hydroxylation is 1. The maximum atomic E-state index is 15.6. The van der Waals surface area contributed by atoms with Crippen molar-refractivity contribution in [2.45, 2.75) is 52.1 Å². The zero-order chi connectivity index (χ0) is 20.6. The maximum absolute atomic E-state index is 15.6. The van der Waals surface area contributed by atoms with Gasteiger partial charge in [-0.3, -0.25) is 9.56 Å². The first kappa shape index (κ1) is 19.6. The lowest BCUT2D eigenvalue weighted by atomic mass is 9.82. The quantitative estimate of drug-likeness (QED) is 0.725. The third-order valence-corrected chi connectivity index (χ3v) is 6.27. The van der Waals surface area contributed by atoms with E-state index in [-0.39, 0.29) is 0 Å². The second-order valence-corrected chi connectivity index (χ2v) is 7.80. The van der Waals surface area contributed by atoms with E-state index in [0.29, 0.717) is 19.4 Å². The normalized spacial score (nSPS) is 16.7. The lowest BCUT2D eigenvalue weighted by Crippen LogP contribution is -2.32. The standard InChI is InChI=1S/C24H29FN4/c1-5-18-15-28(16-27-18)23-13-22-20-9-8-10-21(24(25,6-2)7-3)19(20)11-12-29(22)17(4)14-26-23/h8-10,13,15-16H,4-7,11-12,14H2,1-3H3. The predicted molar refractivity (Wildman–Crippen MR) is 117 cm³/mol. The molecule has 0 radical (unpaired) electrons. The fourth-order valence-corrected chi connectivity index (χ4v) is 4.37. The molecular formula is C24H29FN4. The topological polar surface area (TPSA) is 33.4 Å². The van der Waals surface area contributed by atoms with E-state index >= 15 is 4.39 Å². The number of halogens is 1. The number of alkyl halides is 1. The van der Waals surface area contributed by atoms with Gasteiger partial charge in [-0.1, -0.05) is 45.5 Å². The molecule has 1 aromatic heterocycles. The van der Waals surface area contributed by atoms with Crippen molar-refractivity contribution in [2.75, 3.05) is 13.1 Å². The molecule has 4 rings (SSSR count). The molecule has 0 amide bonds. The number of hydrogen-bond acceptors (Lipinski definition) is 3. The summed E-state index contributed by atoms with van der Waals surface area (Å²) in [5.41, 5.74) is 4.81. The smallest absolute Gasteiger partial charge is 0.135 e. The second-order valence-electron chi connectivity index (χ2n) is 7.80. The molecule has 0 saturated carbocycles. The molecule has 0 saturated heterocycles. The van der Waals surface area contributed by atoms with E-state index in [0.717, 1.165) is 59.0 Å². The van der Waals surface area contributed by atoms with Crippen molar-refractivity contribution in [1.82, 2.24) is 14.5 Å². The molecular weight excluding hydrogens is 363 g/mol. The van der Waals surface area contributed by atoms with Crippen LogP contribution in [-0.4, -0.2) is 33.4 Å². The van der Waals surface area contributed by atoms with Crippen molar-refractivity contribution in [2.24, 2.45) is 4.99 Å². The molecule has 0 spiro atoms. The molecule has 0 atom stereocenters. The van der Waals surface area contributed by atoms with Crippen molar-refractivity contribution in [3.05, 3.63) is 71.5 Å². The molecule has 4 nitrogen and oxygen atoms in total. The van der Waals surface area contributed by atoms with Gasteiger partial charge in [-0.05, 0) is 36.8 Å². The largest absolute Gasteiger partial charge is 0.343 e. The highest BCUT2D eigenvalue weighted by molar-refractivity contribution is 6.01. The van der Waals surface area contributed by atoms with Gasteiger partial charge in [0.1, 0.15) is 17.8 Å². The summed E-state index contributed by atoms with van der Waals surface area (Å²) in [6, 6.07) is 6.05. The molecule has 3 heterocycles. The maximum Gasteiger partial charge on any atom is 0.135 e. The summed E-state index contributed by atoms with van der Waals surface area (Å²) < 4.78 is 17.6. The fourth-order valence-electron chi connectivity index (χ4n) is 4.37. The van der Waals surface area contributed by atoms with Gasteiger partial charge in [-0.2, -0.15) is 0 Å². The highest BCUT2D eigenvalue weighted by Gasteiger charge is 2.34. The minimum atomic E-state index is -1.28. The van der Waals surface area contributed by atoms with E-state index < -0.39 is 5.67 Å². The summed E-state index contributed by atoms with van der Waals surface area (Å²) in [4.78, 5) is 11.4. The molecule has 2 aliphatic heterocycles. The number of hydrogen-bond donors (Lipinski definition) is 0. The summed E-state index contributed by atoms with van der Waals surface area (Å²) in [5, 5.41) is 0. The summed E-state index contributed by atoms with van der Waals surface area (Å²) in [6.07, 6.45) is 8.60. The van der Waals surface area contributed by atoms with Crippen LogP contribution in [0.2, 0.25) is 0 Å². The van der Waals surface area contributed by atoms with Gasteiger partial charge in [0.15, 0.2) is 0 Å². The summed E-state index contributed by atoms with van der Waals surface area (Å²) in [6.45, 7) is 11.6. The van der Waals surface area contributed by atoms with Crippen molar-refractivity contribution in [3.63, 3.8) is 0 Å². The lowest BCUT2D eigenvalue weighted by molar-refractivity contribution is 0.150. The van der Waals surface area contributed by atoms with Crippen molar-refractivity contribution in [3.8, 4) is 0 Å². The van der Waals surface area contributed by atoms with Crippen LogP contribution in [0.5, 0.6) is 0 Å². The summed E-state index contributed by atoms with van der Waals surface area (Å²) >= 11 is 0. The van der Waals surface area contributed by atoms with Crippen molar-refractivity contribution >= 4 is 11.5 Å². The van der Waals surface area contributed by atoms with Gasteiger partial charge in [0.2, 0.25) is 0 Å². The molecule has 29 heavy (non-hydrogen) atoms. The fraction of sp³-hybridized carbons (Fsp3) is 0.417. The number of fused-ring (bicyclic) bond motifs is 3. The van der Waals surface area contributed by atoms with Crippen LogP contribution in [-0.2, 0) is 18.5 Å². The van der Waals surface area contributed by atoms with Crippen LogP contribution in [0.4, 0.5) is 4.39 Å². The number of rotatable bonds is 4. The Bertz CT molecular complexity index is 994. The average molecular weight is 393 g/mol. The van der Waals surface area contributed by atoms with Crippen LogP contribution in [0.15, 0.2) is 54.1 Å². The number of aromatic nitrogens is 2. The molecule has 152 valence electrons. The summed E-state index contributed by atoms with van der Waals surface area (Å²) in [5.74, 6) is 0.839. The van der Waals surface area contributed by atoms with Gasteiger partial charge in [0.25, 0.3) is 0 Å². The predicted octanol–water partition coefficient (Wildman–Crippen LogP) is 5.10. The number of aliphatic imine (C=N–C) groups is 1. The molecule has 0 bridgehead atoms. The first-order valence-corrected chi connectivity index (χ1v) is 10.6. The SMILES string of the molecule is C=C1CN=C(n2cnc(CC)c2)C=C2c3cccc(C(F)(CC)CC)c3CCN12. The molecule has 2 aromatic rings. The van der Waals surface area contributed by atoms with E-state index in [9.17, 15) is 0 Å². The highest BCUT2D eigenvalue weighted by Crippen LogP contribution is 2.41. The van der Waals surface area contributed by atoms with Gasteiger partial charge in [0.05, 0.1) is 17.9 Å². The minimum absolute atomic E-state index is 0.483. The summed E-state index contributed by atoms with van der Waals surface area (Å²) in [7, 11) is 0. The van der Waals surface area contributed by atoms with Gasteiger partial charge in [0, 0.05) is 30.1 Å². The molecule has 2 aliphatic rings. The number of imidazole rings is 1. The Hall–Kier alpha value is -2.69. The zero-order valence-corrected chi connectivity index (χ0v) is 17.6. The Kier molecular flexibility index (Phi) is 5.15. The molecule has 1 aromatic carbocycles. The molecule has 0 N–H and O–H groups in total. The zero-order valence-electron chi connectivity index (χ0n) is 17.6. The first-order chi connectivity index (χ1) is 14.0. The molecule has 5 heteroatoms. The highest BCUT2D eigenvalue weighted by atomic mass is 19.1. The van der Waals surface area contributed by atoms with E-state index in [1.807, 2.05) is 43.1 Å². The number of nitrogens with zero attached hydrogens (tertiary/aromatic N) is 4. The molecule has 0 fully saturated rings. The van der Waals surface area contributed by atoms with Gasteiger partial charge in [-0.25, -0.2) is 9.37 Å². The van der Waals surface area contributed by atoms with E-state index in [2.05, 4.69) is 35.5 Å². The first-order valence-electron chi connectivity index (χ1n) is 10.6. The van der Waals surface area contributed by atoms with Gasteiger partial charge >= 0.3 is 0 Å². The Morgan fingerprint density at radius 3 is 2.69 bits per heavy atom. The Balaban J connectivity index is 1.85. The van der Waals surface area contributed by atoms with Crippen molar-refractivity contribution in [1.29, 1.82) is 0 Å². The molecule has 0 unspecified atom stereocenters. The lowest BCUT2D eigenvalue weighted by Gasteiger charge is -2.36. The van der Waals surface area contributed by atoms with Crippen LogP contribution >= 0.6 is 0 Å². The van der Waals surface area contributed by atoms with Gasteiger partial charge in [-0.15, -0.1) is 0 Å². The third-order valence-electron chi connectivity index (χ3n) is 6.27. The average Bonchev–Trinajstić information content (AvgIpc) is 3.17. The van der Waals surface area contributed by atoms with Crippen molar-refractivity contribution < 1.29 is 4.39 Å². The van der Waals surface area contributed by atoms with E-state index in [1.165, 1.54) is 0 Å². The van der Waals surface area contributed by atoms with Crippen LogP contribution in [0, 0.1) is 0 Å². The monoisotopic (exact) mass is 392 g/mol. The van der Waals surface area contributed by atoms with Crippen LogP contribution in [0.3, 0.4) is 0 Å². The number of allylic oxidation sites excluding steroid dienone is 1. The second kappa shape index (κ2) is 7.62. The Labute approximate surface area is 172 Å². The van der Waals surface area contributed by atoms with E-state index in [4.69, 9.17) is 4.99 Å². The van der Waals surface area contributed by atoms with Gasteiger partial charge < -0.3 is 4.90 Å². The third kappa shape index (κ3) is 3.33. The van der Waals surface area contributed by atoms with E-state index in [1.54, 1.807) is 0 Å². The van der Waals surface area contributed by atoms with Crippen LogP contribution < -0.4 is 0 Å².